The molecule has 5 nitrogen and oxygen atoms in total. The first-order chi connectivity index (χ1) is 9.74. The molecule has 1 atom stereocenters. The molecule has 0 amide bonds. The minimum atomic E-state index is 0.0387. The summed E-state index contributed by atoms with van der Waals surface area (Å²) in [4.78, 5) is 4.42. The Kier molecular flexibility index (Phi) is 5.43. The topological polar surface area (TPSA) is 48.3 Å². The van der Waals surface area contributed by atoms with Gasteiger partial charge in [0.15, 0.2) is 0 Å². The van der Waals surface area contributed by atoms with Gasteiger partial charge in [0.2, 0.25) is 5.95 Å². The van der Waals surface area contributed by atoms with Crippen LogP contribution in [0.1, 0.15) is 45.6 Å². The third-order valence-electron chi connectivity index (χ3n) is 4.41. The van der Waals surface area contributed by atoms with Crippen molar-refractivity contribution in [1.29, 1.82) is 0 Å². The summed E-state index contributed by atoms with van der Waals surface area (Å²) in [5.41, 5.74) is 0.0387. The number of aromatic nitrogens is 2. The van der Waals surface area contributed by atoms with Crippen LogP contribution in [0.3, 0.4) is 0 Å². The van der Waals surface area contributed by atoms with Gasteiger partial charge in [0.1, 0.15) is 0 Å². The van der Waals surface area contributed by atoms with Crippen molar-refractivity contribution in [1.82, 2.24) is 9.55 Å². The Morgan fingerprint density at radius 1 is 1.50 bits per heavy atom. The largest absolute Gasteiger partial charge is 0.383 e. The smallest absolute Gasteiger partial charge is 0.203 e. The average Bonchev–Trinajstić information content (AvgIpc) is 2.96. The number of hydrogen-bond donors (Lipinski definition) is 1. The zero-order valence-corrected chi connectivity index (χ0v) is 12.9. The van der Waals surface area contributed by atoms with E-state index in [4.69, 9.17) is 9.47 Å². The van der Waals surface area contributed by atoms with Crippen LogP contribution in [0.25, 0.3) is 0 Å². The number of ether oxygens (including phenoxy) is 2. The van der Waals surface area contributed by atoms with Crippen molar-refractivity contribution < 1.29 is 9.47 Å². The van der Waals surface area contributed by atoms with Gasteiger partial charge in [0.25, 0.3) is 0 Å². The van der Waals surface area contributed by atoms with E-state index < -0.39 is 0 Å². The second-order valence-electron chi connectivity index (χ2n) is 5.46. The van der Waals surface area contributed by atoms with Gasteiger partial charge in [0, 0.05) is 38.7 Å². The van der Waals surface area contributed by atoms with Crippen LogP contribution in [0.5, 0.6) is 0 Å². The van der Waals surface area contributed by atoms with Crippen molar-refractivity contribution in [3.8, 4) is 0 Å². The number of nitrogens with one attached hydrogen (secondary N) is 1. The molecule has 0 saturated carbocycles. The molecule has 1 fully saturated rings. The van der Waals surface area contributed by atoms with E-state index in [9.17, 15) is 0 Å². The predicted octanol–water partition coefficient (Wildman–Crippen LogP) is 2.85. The highest BCUT2D eigenvalue weighted by atomic mass is 16.5. The molecule has 1 aromatic rings. The minimum Gasteiger partial charge on any atom is -0.383 e. The SMILES string of the molecule is CCC1(CC)CC(n2ccnc2NCCOC)CCO1. The van der Waals surface area contributed by atoms with Gasteiger partial charge in [-0.15, -0.1) is 0 Å². The molecule has 1 N–H and O–H groups in total. The van der Waals surface area contributed by atoms with E-state index in [0.29, 0.717) is 12.6 Å². The second kappa shape index (κ2) is 7.09. The Bertz CT molecular complexity index is 402. The summed E-state index contributed by atoms with van der Waals surface area (Å²) in [6, 6.07) is 0.469. The van der Waals surface area contributed by atoms with Gasteiger partial charge >= 0.3 is 0 Å². The van der Waals surface area contributed by atoms with Crippen molar-refractivity contribution in [2.24, 2.45) is 0 Å². The highest BCUT2D eigenvalue weighted by molar-refractivity contribution is 5.26. The maximum Gasteiger partial charge on any atom is 0.203 e. The summed E-state index contributed by atoms with van der Waals surface area (Å²) in [5, 5.41) is 3.34. The maximum atomic E-state index is 6.06. The first-order valence-corrected chi connectivity index (χ1v) is 7.64. The van der Waals surface area contributed by atoms with Crippen LogP contribution in [0.15, 0.2) is 12.4 Å². The molecule has 0 spiro atoms. The molecule has 5 heteroatoms. The normalized spacial score (nSPS) is 21.9. The van der Waals surface area contributed by atoms with E-state index in [1.54, 1.807) is 7.11 Å². The van der Waals surface area contributed by atoms with Crippen molar-refractivity contribution in [2.45, 2.75) is 51.2 Å². The highest BCUT2D eigenvalue weighted by Crippen LogP contribution is 2.38. The summed E-state index contributed by atoms with van der Waals surface area (Å²) < 4.78 is 13.4. The molecule has 2 rings (SSSR count). The molecule has 1 aliphatic heterocycles. The van der Waals surface area contributed by atoms with Crippen molar-refractivity contribution in [3.63, 3.8) is 0 Å². The third-order valence-corrected chi connectivity index (χ3v) is 4.41. The van der Waals surface area contributed by atoms with Crippen LogP contribution in [0.2, 0.25) is 0 Å². The standard InChI is InChI=1S/C15H27N3O2/c1-4-15(5-2)12-13(6-10-20-15)18-9-7-16-14(18)17-8-11-19-3/h7,9,13H,4-6,8,10-12H2,1-3H3,(H,16,17). The predicted molar refractivity (Wildman–Crippen MR) is 80.1 cm³/mol. The van der Waals surface area contributed by atoms with E-state index >= 15 is 0 Å². The minimum absolute atomic E-state index is 0.0387. The van der Waals surface area contributed by atoms with Gasteiger partial charge in [-0.1, -0.05) is 13.8 Å². The Labute approximate surface area is 121 Å². The van der Waals surface area contributed by atoms with Gasteiger partial charge in [-0.05, 0) is 25.7 Å². The first kappa shape index (κ1) is 15.3. The van der Waals surface area contributed by atoms with Crippen LogP contribution >= 0.6 is 0 Å². The number of rotatable bonds is 7. The lowest BCUT2D eigenvalue weighted by molar-refractivity contribution is -0.0984. The lowest BCUT2D eigenvalue weighted by Crippen LogP contribution is -2.39. The lowest BCUT2D eigenvalue weighted by Gasteiger charge is -2.40. The zero-order valence-electron chi connectivity index (χ0n) is 12.9. The number of nitrogens with zero attached hydrogens (tertiary/aromatic N) is 2. The van der Waals surface area contributed by atoms with E-state index in [-0.39, 0.29) is 5.60 Å². The summed E-state index contributed by atoms with van der Waals surface area (Å²) in [7, 11) is 1.71. The Morgan fingerprint density at radius 3 is 3.00 bits per heavy atom. The third kappa shape index (κ3) is 3.33. The van der Waals surface area contributed by atoms with Crippen LogP contribution in [0.4, 0.5) is 5.95 Å². The van der Waals surface area contributed by atoms with Gasteiger partial charge in [0.05, 0.1) is 12.2 Å². The van der Waals surface area contributed by atoms with Gasteiger partial charge in [-0.25, -0.2) is 4.98 Å². The molecule has 0 radical (unpaired) electrons. The molecule has 2 heterocycles. The summed E-state index contributed by atoms with van der Waals surface area (Å²) in [5.74, 6) is 0.940. The van der Waals surface area contributed by atoms with E-state index in [2.05, 4.69) is 34.9 Å². The Balaban J connectivity index is 2.05. The van der Waals surface area contributed by atoms with Crippen molar-refractivity contribution in [2.75, 3.05) is 32.2 Å². The Morgan fingerprint density at radius 2 is 2.30 bits per heavy atom. The summed E-state index contributed by atoms with van der Waals surface area (Å²) in [6.07, 6.45) is 8.19. The molecule has 1 aromatic heterocycles. The summed E-state index contributed by atoms with van der Waals surface area (Å²) in [6.45, 7) is 6.75. The fraction of sp³-hybridized carbons (Fsp3) is 0.800. The van der Waals surface area contributed by atoms with Gasteiger partial charge in [-0.2, -0.15) is 0 Å². The molecule has 0 aliphatic carbocycles. The van der Waals surface area contributed by atoms with Crippen molar-refractivity contribution >= 4 is 5.95 Å². The molecule has 0 bridgehead atoms. The number of methoxy groups -OCH3 is 1. The van der Waals surface area contributed by atoms with Crippen LogP contribution in [0, 0.1) is 0 Å². The van der Waals surface area contributed by atoms with Crippen LogP contribution in [-0.4, -0.2) is 42.0 Å². The molecule has 20 heavy (non-hydrogen) atoms. The van der Waals surface area contributed by atoms with E-state index in [0.717, 1.165) is 44.8 Å². The van der Waals surface area contributed by atoms with Crippen LogP contribution < -0.4 is 5.32 Å². The molecular weight excluding hydrogens is 254 g/mol. The molecule has 0 aromatic carbocycles. The number of imidazole rings is 1. The molecule has 114 valence electrons. The number of anilines is 1. The monoisotopic (exact) mass is 281 g/mol. The maximum absolute atomic E-state index is 6.06. The van der Waals surface area contributed by atoms with E-state index in [1.807, 2.05) is 6.20 Å². The second-order valence-corrected chi connectivity index (χ2v) is 5.46. The Hall–Kier alpha value is -1.07. The van der Waals surface area contributed by atoms with Gasteiger partial charge < -0.3 is 19.4 Å². The number of hydrogen-bond acceptors (Lipinski definition) is 4. The fourth-order valence-corrected chi connectivity index (χ4v) is 2.99. The van der Waals surface area contributed by atoms with Crippen LogP contribution in [-0.2, 0) is 9.47 Å². The zero-order chi connectivity index (χ0) is 14.4. The molecule has 1 saturated heterocycles. The van der Waals surface area contributed by atoms with E-state index in [1.165, 1.54) is 0 Å². The molecule has 1 aliphatic rings. The lowest BCUT2D eigenvalue weighted by atomic mass is 9.86. The van der Waals surface area contributed by atoms with Gasteiger partial charge in [-0.3, -0.25) is 0 Å². The fourth-order valence-electron chi connectivity index (χ4n) is 2.99. The highest BCUT2D eigenvalue weighted by Gasteiger charge is 2.35. The van der Waals surface area contributed by atoms with Crippen molar-refractivity contribution in [3.05, 3.63) is 12.4 Å². The summed E-state index contributed by atoms with van der Waals surface area (Å²) >= 11 is 0. The molecular formula is C15H27N3O2. The molecule has 1 unspecified atom stereocenters. The quantitative estimate of drug-likeness (QED) is 0.781. The first-order valence-electron chi connectivity index (χ1n) is 7.64. The average molecular weight is 281 g/mol.